The third-order valence-electron chi connectivity index (χ3n) is 5.42. The van der Waals surface area contributed by atoms with E-state index in [0.717, 1.165) is 16.5 Å². The maximum Gasteiger partial charge on any atom is 0.343 e. The Morgan fingerprint density at radius 1 is 0.974 bits per heavy atom. The average Bonchev–Trinajstić information content (AvgIpc) is 2.93. The molecule has 0 radical (unpaired) electrons. The predicted octanol–water partition coefficient (Wildman–Crippen LogP) is 4.93. The summed E-state index contributed by atoms with van der Waals surface area (Å²) in [5.74, 6) is -0.535. The van der Waals surface area contributed by atoms with E-state index >= 15 is 0 Å². The number of hydrogen-bond donors (Lipinski definition) is 2. The topological polar surface area (TPSA) is 132 Å². The molecule has 0 aliphatic carbocycles. The molecule has 1 amide bonds. The molecular weight excluding hydrogens is 488 g/mol. The standard InChI is InChI=1S/C28H24N4O6/c1-2-37-26-16-19(10-15-25(26)38-28(34)21-11-13-22(14-12-21)32(35)36)17-30-31-27(33)18-29-24-9-5-7-20-6-3-4-8-23(20)24/h3-17,29H,2,18H2,1H3,(H,31,33)/b30-17+. The zero-order valence-corrected chi connectivity index (χ0v) is 20.4. The summed E-state index contributed by atoms with van der Waals surface area (Å²) in [7, 11) is 0. The Morgan fingerprint density at radius 2 is 1.74 bits per heavy atom. The van der Waals surface area contributed by atoms with Gasteiger partial charge in [0, 0.05) is 23.2 Å². The van der Waals surface area contributed by atoms with Crippen LogP contribution in [0.25, 0.3) is 10.8 Å². The zero-order valence-electron chi connectivity index (χ0n) is 20.4. The Bertz CT molecular complexity index is 1500. The van der Waals surface area contributed by atoms with Crippen LogP contribution in [0, 0.1) is 10.1 Å². The molecule has 0 heterocycles. The van der Waals surface area contributed by atoms with E-state index in [2.05, 4.69) is 15.8 Å². The van der Waals surface area contributed by atoms with Gasteiger partial charge in [-0.2, -0.15) is 5.10 Å². The van der Waals surface area contributed by atoms with Crippen LogP contribution in [0.5, 0.6) is 11.5 Å². The maximum atomic E-state index is 12.5. The second-order valence-electron chi connectivity index (χ2n) is 8.01. The van der Waals surface area contributed by atoms with Gasteiger partial charge in [0.2, 0.25) is 0 Å². The minimum atomic E-state index is -0.687. The number of amides is 1. The van der Waals surface area contributed by atoms with Crippen molar-refractivity contribution in [2.45, 2.75) is 6.92 Å². The molecule has 0 spiro atoms. The Balaban J connectivity index is 1.36. The fourth-order valence-corrected chi connectivity index (χ4v) is 3.61. The van der Waals surface area contributed by atoms with E-state index in [1.165, 1.54) is 30.5 Å². The van der Waals surface area contributed by atoms with Crippen LogP contribution in [0.3, 0.4) is 0 Å². The highest BCUT2D eigenvalue weighted by atomic mass is 16.6. The molecule has 0 aromatic heterocycles. The van der Waals surface area contributed by atoms with Crippen molar-refractivity contribution in [3.8, 4) is 11.5 Å². The molecule has 38 heavy (non-hydrogen) atoms. The molecule has 0 unspecified atom stereocenters. The molecule has 0 fully saturated rings. The average molecular weight is 513 g/mol. The number of rotatable bonds is 10. The largest absolute Gasteiger partial charge is 0.490 e. The fraction of sp³-hybridized carbons (Fsp3) is 0.107. The van der Waals surface area contributed by atoms with Crippen molar-refractivity contribution >= 4 is 40.2 Å². The number of carbonyl (C=O) groups excluding carboxylic acids is 2. The van der Waals surface area contributed by atoms with Gasteiger partial charge < -0.3 is 14.8 Å². The van der Waals surface area contributed by atoms with Crippen LogP contribution >= 0.6 is 0 Å². The van der Waals surface area contributed by atoms with Gasteiger partial charge in [-0.25, -0.2) is 10.2 Å². The fourth-order valence-electron chi connectivity index (χ4n) is 3.61. The van der Waals surface area contributed by atoms with Crippen LogP contribution in [-0.4, -0.2) is 36.2 Å². The van der Waals surface area contributed by atoms with Crippen molar-refractivity contribution < 1.29 is 24.0 Å². The number of hydrazone groups is 1. The number of nitro benzene ring substituents is 1. The molecule has 4 rings (SSSR count). The van der Waals surface area contributed by atoms with Crippen molar-refractivity contribution in [3.63, 3.8) is 0 Å². The lowest BCUT2D eigenvalue weighted by Gasteiger charge is -2.11. The monoisotopic (exact) mass is 512 g/mol. The number of nitro groups is 1. The van der Waals surface area contributed by atoms with E-state index in [4.69, 9.17) is 9.47 Å². The van der Waals surface area contributed by atoms with Gasteiger partial charge in [-0.3, -0.25) is 14.9 Å². The third-order valence-corrected chi connectivity index (χ3v) is 5.42. The first kappa shape index (κ1) is 25.8. The van der Waals surface area contributed by atoms with Crippen molar-refractivity contribution in [2.24, 2.45) is 5.10 Å². The molecular formula is C28H24N4O6. The SMILES string of the molecule is CCOc1cc(/C=N/NC(=O)CNc2cccc3ccccc23)ccc1OC(=O)c1ccc([N+](=O)[O-])cc1. The van der Waals surface area contributed by atoms with Gasteiger partial charge in [0.1, 0.15) is 0 Å². The van der Waals surface area contributed by atoms with Gasteiger partial charge >= 0.3 is 5.97 Å². The maximum absolute atomic E-state index is 12.5. The number of carbonyl (C=O) groups is 2. The summed E-state index contributed by atoms with van der Waals surface area (Å²) < 4.78 is 11.0. The van der Waals surface area contributed by atoms with Crippen molar-refractivity contribution in [1.82, 2.24) is 5.43 Å². The molecule has 0 aliphatic heterocycles. The number of hydrogen-bond acceptors (Lipinski definition) is 8. The van der Waals surface area contributed by atoms with Gasteiger partial charge in [-0.1, -0.05) is 36.4 Å². The van der Waals surface area contributed by atoms with Gasteiger partial charge in [-0.15, -0.1) is 0 Å². The summed E-state index contributed by atoms with van der Waals surface area (Å²) in [5, 5.41) is 20.0. The lowest BCUT2D eigenvalue weighted by molar-refractivity contribution is -0.384. The second-order valence-corrected chi connectivity index (χ2v) is 8.01. The highest BCUT2D eigenvalue weighted by molar-refractivity contribution is 5.95. The molecule has 192 valence electrons. The highest BCUT2D eigenvalue weighted by Gasteiger charge is 2.15. The number of nitrogens with zero attached hydrogens (tertiary/aromatic N) is 2. The van der Waals surface area contributed by atoms with Crippen LogP contribution in [0.4, 0.5) is 11.4 Å². The number of ether oxygens (including phenoxy) is 2. The first-order valence-corrected chi connectivity index (χ1v) is 11.7. The second kappa shape index (κ2) is 12.1. The Morgan fingerprint density at radius 3 is 2.50 bits per heavy atom. The van der Waals surface area contributed by atoms with Gasteiger partial charge in [0.25, 0.3) is 11.6 Å². The van der Waals surface area contributed by atoms with E-state index in [0.29, 0.717) is 17.9 Å². The molecule has 0 bridgehead atoms. The normalized spacial score (nSPS) is 10.8. The lowest BCUT2D eigenvalue weighted by Crippen LogP contribution is -2.25. The van der Waals surface area contributed by atoms with E-state index in [9.17, 15) is 19.7 Å². The minimum Gasteiger partial charge on any atom is -0.490 e. The third kappa shape index (κ3) is 6.49. The molecule has 10 nitrogen and oxygen atoms in total. The van der Waals surface area contributed by atoms with Gasteiger partial charge in [-0.05, 0) is 54.3 Å². The molecule has 0 saturated carbocycles. The summed E-state index contributed by atoms with van der Waals surface area (Å²) in [6.07, 6.45) is 1.44. The van der Waals surface area contributed by atoms with Crippen LogP contribution in [0.2, 0.25) is 0 Å². The number of benzene rings is 4. The summed E-state index contributed by atoms with van der Waals surface area (Å²) in [4.78, 5) is 35.0. The van der Waals surface area contributed by atoms with Crippen LogP contribution in [-0.2, 0) is 4.79 Å². The van der Waals surface area contributed by atoms with E-state index < -0.39 is 10.9 Å². The number of anilines is 1. The number of nitrogens with one attached hydrogen (secondary N) is 2. The molecule has 0 saturated heterocycles. The van der Waals surface area contributed by atoms with Gasteiger partial charge in [0.05, 0.1) is 29.9 Å². The molecule has 0 aliphatic rings. The quantitative estimate of drug-likeness (QED) is 0.101. The number of fused-ring (bicyclic) bond motifs is 1. The summed E-state index contributed by atoms with van der Waals surface area (Å²) in [5.41, 5.74) is 3.96. The summed E-state index contributed by atoms with van der Waals surface area (Å²) >= 11 is 0. The summed E-state index contributed by atoms with van der Waals surface area (Å²) in [6, 6.07) is 23.6. The first-order valence-electron chi connectivity index (χ1n) is 11.7. The van der Waals surface area contributed by atoms with Crippen molar-refractivity contribution in [1.29, 1.82) is 0 Å². The molecule has 10 heteroatoms. The van der Waals surface area contributed by atoms with E-state index in [1.807, 2.05) is 42.5 Å². The molecule has 0 atom stereocenters. The van der Waals surface area contributed by atoms with Crippen LogP contribution in [0.15, 0.2) is 90.0 Å². The van der Waals surface area contributed by atoms with Crippen LogP contribution in [0.1, 0.15) is 22.8 Å². The van der Waals surface area contributed by atoms with Gasteiger partial charge in [0.15, 0.2) is 11.5 Å². The Kier molecular flexibility index (Phi) is 8.25. The van der Waals surface area contributed by atoms with Crippen molar-refractivity contribution in [2.75, 3.05) is 18.5 Å². The minimum absolute atomic E-state index is 0.0348. The molecule has 4 aromatic rings. The smallest absolute Gasteiger partial charge is 0.343 e. The number of non-ortho nitro benzene ring substituents is 1. The van der Waals surface area contributed by atoms with E-state index in [1.54, 1.807) is 25.1 Å². The summed E-state index contributed by atoms with van der Waals surface area (Å²) in [6.45, 7) is 2.14. The zero-order chi connectivity index (χ0) is 26.9. The van der Waals surface area contributed by atoms with Crippen LogP contribution < -0.4 is 20.2 Å². The Labute approximate surface area is 218 Å². The highest BCUT2D eigenvalue weighted by Crippen LogP contribution is 2.29. The molecule has 2 N–H and O–H groups in total. The first-order chi connectivity index (χ1) is 18.4. The van der Waals surface area contributed by atoms with E-state index in [-0.39, 0.29) is 29.5 Å². The predicted molar refractivity (Wildman–Crippen MR) is 144 cm³/mol. The lowest BCUT2D eigenvalue weighted by atomic mass is 10.1. The molecule has 4 aromatic carbocycles. The Hall–Kier alpha value is -5.25. The van der Waals surface area contributed by atoms with Crippen molar-refractivity contribution in [3.05, 3.63) is 106 Å². The number of esters is 1.